The third-order valence-corrected chi connectivity index (χ3v) is 4.13. The van der Waals surface area contributed by atoms with Gasteiger partial charge in [-0.3, -0.25) is 4.79 Å². The van der Waals surface area contributed by atoms with Crippen molar-refractivity contribution in [1.29, 1.82) is 0 Å². The first kappa shape index (κ1) is 17.5. The fraction of sp³-hybridized carbons (Fsp3) is 0.312. The molecule has 132 valence electrons. The highest BCUT2D eigenvalue weighted by Gasteiger charge is 2.33. The van der Waals surface area contributed by atoms with Gasteiger partial charge in [0.05, 0.1) is 10.6 Å². The molecule has 0 unspecified atom stereocenters. The first-order valence-electron chi connectivity index (χ1n) is 7.57. The molecule has 5 nitrogen and oxygen atoms in total. The molecule has 1 saturated heterocycles. The molecular weight excluding hydrogens is 357 g/mol. The predicted molar refractivity (Wildman–Crippen MR) is 87.5 cm³/mol. The summed E-state index contributed by atoms with van der Waals surface area (Å²) in [6.45, 7) is 0.660. The van der Waals surface area contributed by atoms with Gasteiger partial charge in [0.25, 0.3) is 0 Å². The minimum Gasteiger partial charge on any atom is -0.345 e. The second kappa shape index (κ2) is 6.87. The standard InChI is InChI=1S/C16H14ClF3N4O/c17-11-4-6-14(22-9-11)24-7-1-2-12(24)15(25)23-13-5-3-10(8-21-13)16(18,19)20/h3-6,8-9,12H,1-2,7H2,(H,21,23,25)/t12-/m0/s1. The highest BCUT2D eigenvalue weighted by Crippen LogP contribution is 2.29. The fourth-order valence-corrected chi connectivity index (χ4v) is 2.81. The Labute approximate surface area is 146 Å². The Bertz CT molecular complexity index is 749. The van der Waals surface area contributed by atoms with E-state index in [1.807, 2.05) is 4.90 Å². The van der Waals surface area contributed by atoms with E-state index in [0.29, 0.717) is 30.0 Å². The zero-order chi connectivity index (χ0) is 18.0. The topological polar surface area (TPSA) is 58.1 Å². The van der Waals surface area contributed by atoms with Crippen LogP contribution in [0.15, 0.2) is 36.7 Å². The molecule has 2 aromatic rings. The molecule has 1 aliphatic heterocycles. The summed E-state index contributed by atoms with van der Waals surface area (Å²) in [4.78, 5) is 22.2. The van der Waals surface area contributed by atoms with Crippen molar-refractivity contribution < 1.29 is 18.0 Å². The zero-order valence-electron chi connectivity index (χ0n) is 12.9. The smallest absolute Gasteiger partial charge is 0.345 e. The van der Waals surface area contributed by atoms with Crippen LogP contribution in [0.1, 0.15) is 18.4 Å². The van der Waals surface area contributed by atoms with E-state index in [1.54, 1.807) is 12.1 Å². The number of hydrogen-bond acceptors (Lipinski definition) is 4. The van der Waals surface area contributed by atoms with Crippen LogP contribution in [0.4, 0.5) is 24.8 Å². The van der Waals surface area contributed by atoms with Crippen molar-refractivity contribution in [2.75, 3.05) is 16.8 Å². The van der Waals surface area contributed by atoms with Gasteiger partial charge in [-0.25, -0.2) is 9.97 Å². The molecule has 1 N–H and O–H groups in total. The predicted octanol–water partition coefficient (Wildman–Crippen LogP) is 3.76. The number of alkyl halides is 3. The minimum absolute atomic E-state index is 0.0777. The van der Waals surface area contributed by atoms with Crippen LogP contribution in [0.3, 0.4) is 0 Å². The van der Waals surface area contributed by atoms with E-state index in [9.17, 15) is 18.0 Å². The van der Waals surface area contributed by atoms with Gasteiger partial charge in [0.15, 0.2) is 0 Å². The molecule has 1 amide bonds. The van der Waals surface area contributed by atoms with Gasteiger partial charge < -0.3 is 10.2 Å². The van der Waals surface area contributed by atoms with Gasteiger partial charge in [-0.15, -0.1) is 0 Å². The molecule has 9 heteroatoms. The number of pyridine rings is 2. The van der Waals surface area contributed by atoms with E-state index in [2.05, 4.69) is 15.3 Å². The largest absolute Gasteiger partial charge is 0.417 e. The van der Waals surface area contributed by atoms with Crippen LogP contribution in [0.25, 0.3) is 0 Å². The number of nitrogens with zero attached hydrogens (tertiary/aromatic N) is 3. The second-order valence-corrected chi connectivity index (χ2v) is 6.04. The summed E-state index contributed by atoms with van der Waals surface area (Å²) in [6, 6.07) is 4.98. The quantitative estimate of drug-likeness (QED) is 0.893. The zero-order valence-corrected chi connectivity index (χ0v) is 13.7. The number of halogens is 4. The van der Waals surface area contributed by atoms with E-state index in [1.165, 1.54) is 6.20 Å². The number of nitrogens with one attached hydrogen (secondary N) is 1. The summed E-state index contributed by atoms with van der Waals surface area (Å²) in [7, 11) is 0. The lowest BCUT2D eigenvalue weighted by Gasteiger charge is -2.24. The lowest BCUT2D eigenvalue weighted by Crippen LogP contribution is -2.40. The average Bonchev–Trinajstić information content (AvgIpc) is 3.05. The molecule has 0 saturated carbocycles. The van der Waals surface area contributed by atoms with Crippen LogP contribution in [0.5, 0.6) is 0 Å². The average molecular weight is 371 g/mol. The molecule has 1 atom stereocenters. The van der Waals surface area contributed by atoms with E-state index in [4.69, 9.17) is 11.6 Å². The molecule has 0 spiro atoms. The lowest BCUT2D eigenvalue weighted by atomic mass is 10.2. The number of rotatable bonds is 3. The molecule has 1 fully saturated rings. The summed E-state index contributed by atoms with van der Waals surface area (Å²) in [6.07, 6.45) is -0.831. The van der Waals surface area contributed by atoms with Crippen molar-refractivity contribution in [2.45, 2.75) is 25.1 Å². The molecule has 0 bridgehead atoms. The van der Waals surface area contributed by atoms with Gasteiger partial charge in [-0.2, -0.15) is 13.2 Å². The van der Waals surface area contributed by atoms with E-state index in [0.717, 1.165) is 18.6 Å². The monoisotopic (exact) mass is 370 g/mol. The van der Waals surface area contributed by atoms with Gasteiger partial charge in [0.2, 0.25) is 5.91 Å². The fourth-order valence-electron chi connectivity index (χ4n) is 2.70. The molecule has 3 rings (SSSR count). The summed E-state index contributed by atoms with van der Waals surface area (Å²) in [5, 5.41) is 3.06. The normalized spacial score (nSPS) is 17.6. The summed E-state index contributed by atoms with van der Waals surface area (Å²) < 4.78 is 37.6. The Morgan fingerprint density at radius 3 is 2.60 bits per heavy atom. The molecular formula is C16H14ClF3N4O. The Kier molecular flexibility index (Phi) is 4.80. The van der Waals surface area contributed by atoms with Crippen molar-refractivity contribution in [2.24, 2.45) is 0 Å². The SMILES string of the molecule is O=C(Nc1ccc(C(F)(F)F)cn1)[C@@H]1CCCN1c1ccc(Cl)cn1. The van der Waals surface area contributed by atoms with Gasteiger partial charge in [-0.05, 0) is 37.1 Å². The Balaban J connectivity index is 1.70. The summed E-state index contributed by atoms with van der Waals surface area (Å²) in [5.41, 5.74) is -0.863. The van der Waals surface area contributed by atoms with Gasteiger partial charge >= 0.3 is 6.18 Å². The molecule has 1 aliphatic rings. The first-order chi connectivity index (χ1) is 11.8. The maximum Gasteiger partial charge on any atom is 0.417 e. The minimum atomic E-state index is -4.46. The van der Waals surface area contributed by atoms with Crippen molar-refractivity contribution in [3.8, 4) is 0 Å². The van der Waals surface area contributed by atoms with Crippen molar-refractivity contribution in [3.63, 3.8) is 0 Å². The number of aromatic nitrogens is 2. The van der Waals surface area contributed by atoms with Gasteiger partial charge in [0, 0.05) is 18.9 Å². The highest BCUT2D eigenvalue weighted by atomic mass is 35.5. The molecule has 2 aromatic heterocycles. The first-order valence-corrected chi connectivity index (χ1v) is 7.95. The molecule has 0 aromatic carbocycles. The third kappa shape index (κ3) is 4.01. The number of carbonyl (C=O) groups excluding carboxylic acids is 1. The van der Waals surface area contributed by atoms with Crippen LogP contribution in [0.2, 0.25) is 5.02 Å². The van der Waals surface area contributed by atoms with Crippen LogP contribution >= 0.6 is 11.6 Å². The highest BCUT2D eigenvalue weighted by molar-refractivity contribution is 6.30. The molecule has 0 aliphatic carbocycles. The van der Waals surface area contributed by atoms with Gasteiger partial charge in [-0.1, -0.05) is 11.6 Å². The van der Waals surface area contributed by atoms with Gasteiger partial charge in [0.1, 0.15) is 17.7 Å². The van der Waals surface area contributed by atoms with E-state index < -0.39 is 17.8 Å². The number of amides is 1. The Hall–Kier alpha value is -2.35. The number of anilines is 2. The molecule has 25 heavy (non-hydrogen) atoms. The van der Waals surface area contributed by atoms with Crippen LogP contribution in [-0.4, -0.2) is 28.5 Å². The Morgan fingerprint density at radius 2 is 2.00 bits per heavy atom. The van der Waals surface area contributed by atoms with Crippen LogP contribution in [0, 0.1) is 0 Å². The summed E-state index contributed by atoms with van der Waals surface area (Å²) >= 11 is 5.82. The Morgan fingerprint density at radius 1 is 1.20 bits per heavy atom. The van der Waals surface area contributed by atoms with E-state index >= 15 is 0 Å². The number of hydrogen-bond donors (Lipinski definition) is 1. The molecule has 3 heterocycles. The van der Waals surface area contributed by atoms with Crippen molar-refractivity contribution in [3.05, 3.63) is 47.2 Å². The van der Waals surface area contributed by atoms with Crippen molar-refractivity contribution >= 4 is 29.1 Å². The van der Waals surface area contributed by atoms with E-state index in [-0.39, 0.29) is 11.7 Å². The van der Waals surface area contributed by atoms with Crippen LogP contribution < -0.4 is 10.2 Å². The molecule has 0 radical (unpaired) electrons. The number of carbonyl (C=O) groups is 1. The maximum absolute atomic E-state index is 12.5. The maximum atomic E-state index is 12.5. The summed E-state index contributed by atoms with van der Waals surface area (Å²) in [5.74, 6) is 0.373. The van der Waals surface area contributed by atoms with Crippen molar-refractivity contribution in [1.82, 2.24) is 9.97 Å². The third-order valence-electron chi connectivity index (χ3n) is 3.90. The lowest BCUT2D eigenvalue weighted by molar-refractivity contribution is -0.137. The van der Waals surface area contributed by atoms with Crippen LogP contribution in [-0.2, 0) is 11.0 Å². The second-order valence-electron chi connectivity index (χ2n) is 5.61.